The van der Waals surface area contributed by atoms with E-state index in [1.54, 1.807) is 30.6 Å². The first-order chi connectivity index (χ1) is 9.75. The summed E-state index contributed by atoms with van der Waals surface area (Å²) in [4.78, 5) is 16.7. The van der Waals surface area contributed by atoms with Crippen LogP contribution in [0.2, 0.25) is 0 Å². The van der Waals surface area contributed by atoms with Crippen LogP contribution in [0.15, 0.2) is 47.6 Å². The Labute approximate surface area is 120 Å². The maximum atomic E-state index is 13.8. The number of rotatable bonds is 2. The number of aromatic nitrogens is 1. The van der Waals surface area contributed by atoms with Gasteiger partial charge in [-0.3, -0.25) is 9.78 Å². The van der Waals surface area contributed by atoms with Crippen LogP contribution in [0.4, 0.5) is 4.39 Å². The third-order valence-corrected chi connectivity index (χ3v) is 4.43. The average molecular weight is 288 g/mol. The molecule has 1 atom stereocenters. The highest BCUT2D eigenvalue weighted by molar-refractivity contribution is 7.99. The van der Waals surface area contributed by atoms with Crippen molar-refractivity contribution in [3.05, 3.63) is 59.7 Å². The van der Waals surface area contributed by atoms with Gasteiger partial charge in [0.1, 0.15) is 5.82 Å². The van der Waals surface area contributed by atoms with Crippen LogP contribution in [0.25, 0.3) is 0 Å². The van der Waals surface area contributed by atoms with Crippen molar-refractivity contribution in [2.24, 2.45) is 0 Å². The predicted molar refractivity (Wildman–Crippen MR) is 76.2 cm³/mol. The topological polar surface area (TPSA) is 42.0 Å². The first kappa shape index (κ1) is 13.1. The van der Waals surface area contributed by atoms with Gasteiger partial charge in [0.05, 0.1) is 6.04 Å². The van der Waals surface area contributed by atoms with Gasteiger partial charge < -0.3 is 5.32 Å². The molecule has 3 nitrogen and oxygen atoms in total. The van der Waals surface area contributed by atoms with Crippen LogP contribution >= 0.6 is 11.8 Å². The molecule has 20 heavy (non-hydrogen) atoms. The van der Waals surface area contributed by atoms with Gasteiger partial charge in [0.15, 0.2) is 0 Å². The highest BCUT2D eigenvalue weighted by Crippen LogP contribution is 2.37. The second kappa shape index (κ2) is 5.63. The summed E-state index contributed by atoms with van der Waals surface area (Å²) in [5, 5.41) is 2.97. The van der Waals surface area contributed by atoms with Gasteiger partial charge in [-0.05, 0) is 30.2 Å². The Hall–Kier alpha value is -1.88. The molecule has 0 unspecified atom stereocenters. The van der Waals surface area contributed by atoms with Crippen molar-refractivity contribution in [2.45, 2.75) is 17.4 Å². The van der Waals surface area contributed by atoms with Gasteiger partial charge >= 0.3 is 0 Å². The summed E-state index contributed by atoms with van der Waals surface area (Å²) >= 11 is 1.51. The smallest absolute Gasteiger partial charge is 0.251 e. The van der Waals surface area contributed by atoms with Crippen molar-refractivity contribution >= 4 is 17.7 Å². The summed E-state index contributed by atoms with van der Waals surface area (Å²) in [6, 6.07) is 8.22. The van der Waals surface area contributed by atoms with Crippen molar-refractivity contribution in [1.82, 2.24) is 10.3 Å². The van der Waals surface area contributed by atoms with Gasteiger partial charge in [0, 0.05) is 28.6 Å². The minimum absolute atomic E-state index is 0.136. The molecule has 2 aromatic rings. The number of nitrogens with one attached hydrogen (secondary N) is 1. The number of pyridine rings is 1. The quantitative estimate of drug-likeness (QED) is 0.922. The highest BCUT2D eigenvalue weighted by atomic mass is 32.2. The van der Waals surface area contributed by atoms with Gasteiger partial charge in [-0.2, -0.15) is 0 Å². The van der Waals surface area contributed by atoms with Gasteiger partial charge in [-0.25, -0.2) is 4.39 Å². The lowest BCUT2D eigenvalue weighted by Crippen LogP contribution is -2.30. The molecule has 1 aliphatic heterocycles. The first-order valence-corrected chi connectivity index (χ1v) is 7.36. The van der Waals surface area contributed by atoms with E-state index in [4.69, 9.17) is 0 Å². The summed E-state index contributed by atoms with van der Waals surface area (Å²) in [7, 11) is 0. The molecular formula is C15H13FN2OS. The zero-order valence-electron chi connectivity index (χ0n) is 10.7. The summed E-state index contributed by atoms with van der Waals surface area (Å²) in [5.74, 6) is 0.435. The number of carbonyl (C=O) groups is 1. The van der Waals surface area contributed by atoms with Gasteiger partial charge in [-0.15, -0.1) is 11.8 Å². The Balaban J connectivity index is 1.84. The number of nitrogens with zero attached hydrogens (tertiary/aromatic N) is 1. The molecule has 0 bridgehead atoms. The van der Waals surface area contributed by atoms with Gasteiger partial charge in [0.2, 0.25) is 0 Å². The number of halogens is 1. The van der Waals surface area contributed by atoms with Crippen LogP contribution in [0.3, 0.4) is 0 Å². The largest absolute Gasteiger partial charge is 0.345 e. The summed E-state index contributed by atoms with van der Waals surface area (Å²) < 4.78 is 13.8. The molecule has 5 heteroatoms. The number of carbonyl (C=O) groups excluding carboxylic acids is 1. The van der Waals surface area contributed by atoms with Crippen molar-refractivity contribution in [2.75, 3.05) is 5.75 Å². The maximum Gasteiger partial charge on any atom is 0.251 e. The fourth-order valence-corrected chi connectivity index (χ4v) is 3.42. The minimum Gasteiger partial charge on any atom is -0.345 e. The zero-order valence-corrected chi connectivity index (χ0v) is 11.5. The van der Waals surface area contributed by atoms with E-state index in [1.165, 1.54) is 17.8 Å². The summed E-state index contributed by atoms with van der Waals surface area (Å²) in [5.41, 5.74) is 1.43. The number of fused-ring (bicyclic) bond motifs is 1. The fourth-order valence-electron chi connectivity index (χ4n) is 2.28. The standard InChI is InChI=1S/C15H13FN2OS/c16-12-3-1-2-11-13(6-9-20-14(11)12)18-15(19)10-4-7-17-8-5-10/h1-5,7-8,13H,6,9H2,(H,18,19)/t13-/m0/s1. The third-order valence-electron chi connectivity index (χ3n) is 3.27. The van der Waals surface area contributed by atoms with E-state index in [0.29, 0.717) is 10.5 Å². The lowest BCUT2D eigenvalue weighted by molar-refractivity contribution is 0.0934. The Kier molecular flexibility index (Phi) is 3.69. The number of benzene rings is 1. The Bertz CT molecular complexity index is 633. The van der Waals surface area contributed by atoms with Crippen LogP contribution in [-0.2, 0) is 0 Å². The lowest BCUT2D eigenvalue weighted by atomic mass is 10.0. The third kappa shape index (κ3) is 2.54. The van der Waals surface area contributed by atoms with Gasteiger partial charge in [0.25, 0.3) is 5.91 Å². The number of amides is 1. The molecule has 1 aliphatic rings. The predicted octanol–water partition coefficient (Wildman–Crippen LogP) is 3.19. The summed E-state index contributed by atoms with van der Waals surface area (Å²) in [6.45, 7) is 0. The first-order valence-electron chi connectivity index (χ1n) is 6.38. The van der Waals surface area contributed by atoms with Gasteiger partial charge in [-0.1, -0.05) is 12.1 Å². The molecule has 0 saturated heterocycles. The number of thioether (sulfide) groups is 1. The van der Waals surface area contributed by atoms with E-state index >= 15 is 0 Å². The summed E-state index contributed by atoms with van der Waals surface area (Å²) in [6.07, 6.45) is 3.97. The maximum absolute atomic E-state index is 13.8. The van der Waals surface area contributed by atoms with Crippen LogP contribution in [0, 0.1) is 5.82 Å². The van der Waals surface area contributed by atoms with Crippen molar-refractivity contribution < 1.29 is 9.18 Å². The van der Waals surface area contributed by atoms with Crippen LogP contribution < -0.4 is 5.32 Å². The molecule has 1 N–H and O–H groups in total. The molecule has 102 valence electrons. The monoisotopic (exact) mass is 288 g/mol. The molecule has 0 spiro atoms. The van der Waals surface area contributed by atoms with Crippen LogP contribution in [0.5, 0.6) is 0 Å². The van der Waals surface area contributed by atoms with Crippen molar-refractivity contribution in [3.8, 4) is 0 Å². The second-order valence-electron chi connectivity index (χ2n) is 4.56. The molecule has 0 saturated carbocycles. The Morgan fingerprint density at radius 3 is 2.90 bits per heavy atom. The lowest BCUT2D eigenvalue weighted by Gasteiger charge is -2.26. The van der Waals surface area contributed by atoms with E-state index in [-0.39, 0.29) is 17.8 Å². The van der Waals surface area contributed by atoms with E-state index < -0.39 is 0 Å². The molecule has 2 heterocycles. The molecule has 0 aliphatic carbocycles. The molecule has 0 fully saturated rings. The fraction of sp³-hybridized carbons (Fsp3) is 0.200. The number of hydrogen-bond acceptors (Lipinski definition) is 3. The SMILES string of the molecule is O=C(N[C@H]1CCSc2c(F)cccc21)c1ccncc1. The minimum atomic E-state index is -0.213. The Morgan fingerprint density at radius 1 is 1.30 bits per heavy atom. The second-order valence-corrected chi connectivity index (χ2v) is 5.66. The van der Waals surface area contributed by atoms with Crippen molar-refractivity contribution in [1.29, 1.82) is 0 Å². The molecule has 3 rings (SSSR count). The average Bonchev–Trinajstić information content (AvgIpc) is 2.49. The highest BCUT2D eigenvalue weighted by Gasteiger charge is 2.24. The zero-order chi connectivity index (χ0) is 13.9. The molecular weight excluding hydrogens is 275 g/mol. The molecule has 0 radical (unpaired) electrons. The van der Waals surface area contributed by atoms with E-state index in [2.05, 4.69) is 10.3 Å². The molecule has 1 aromatic carbocycles. The van der Waals surface area contributed by atoms with Crippen LogP contribution in [0.1, 0.15) is 28.4 Å². The van der Waals surface area contributed by atoms with E-state index in [1.807, 2.05) is 6.07 Å². The molecule has 1 amide bonds. The number of hydrogen-bond donors (Lipinski definition) is 1. The van der Waals surface area contributed by atoms with Crippen molar-refractivity contribution in [3.63, 3.8) is 0 Å². The van der Waals surface area contributed by atoms with Crippen LogP contribution in [-0.4, -0.2) is 16.6 Å². The Morgan fingerprint density at radius 2 is 2.10 bits per heavy atom. The van der Waals surface area contributed by atoms with E-state index in [0.717, 1.165) is 17.7 Å². The van der Waals surface area contributed by atoms with E-state index in [9.17, 15) is 9.18 Å². The molecule has 1 aromatic heterocycles. The normalized spacial score (nSPS) is 17.4.